The van der Waals surface area contributed by atoms with E-state index in [9.17, 15) is 4.79 Å². The Morgan fingerprint density at radius 1 is 1.04 bits per heavy atom. The fraction of sp³-hybridized carbons (Fsp3) is 0.444. The van der Waals surface area contributed by atoms with Crippen molar-refractivity contribution >= 4 is 22.9 Å². The lowest BCUT2D eigenvalue weighted by Gasteiger charge is -2.35. The number of fused-ring (bicyclic) bond motifs is 1. The van der Waals surface area contributed by atoms with Crippen LogP contribution in [0.4, 0.5) is 5.69 Å². The molecule has 2 aromatic heterocycles. The van der Waals surface area contributed by atoms with Crippen molar-refractivity contribution in [2.24, 2.45) is 0 Å². The molecule has 0 radical (unpaired) electrons. The number of amides is 1. The molecule has 0 unspecified atom stereocenters. The molecule has 1 aliphatic carbocycles. The van der Waals surface area contributed by atoms with Crippen molar-refractivity contribution in [1.29, 1.82) is 0 Å². The fourth-order valence-corrected chi connectivity index (χ4v) is 4.70. The molecule has 1 aliphatic heterocycles. The maximum absolute atomic E-state index is 12.8. The third kappa shape index (κ3) is 2.98. The van der Waals surface area contributed by atoms with E-state index in [1.807, 2.05) is 29.4 Å². The normalized spacial score (nSPS) is 17.9. The molecule has 1 fully saturated rings. The Balaban J connectivity index is 1.42. The average Bonchev–Trinajstić information content (AvgIpc) is 3.06. The van der Waals surface area contributed by atoms with Crippen molar-refractivity contribution in [3.8, 4) is 0 Å². The summed E-state index contributed by atoms with van der Waals surface area (Å²) in [6.07, 6.45) is 8.48. The molecule has 0 saturated carbocycles. The predicted octanol–water partition coefficient (Wildman–Crippen LogP) is 2.98. The van der Waals surface area contributed by atoms with Crippen LogP contribution in [-0.4, -0.2) is 42.0 Å². The molecule has 0 N–H and O–H groups in total. The summed E-state index contributed by atoms with van der Waals surface area (Å²) in [4.78, 5) is 23.5. The number of anilines is 1. The van der Waals surface area contributed by atoms with Gasteiger partial charge in [0.05, 0.1) is 4.88 Å². The van der Waals surface area contributed by atoms with Gasteiger partial charge < -0.3 is 9.80 Å². The zero-order valence-corrected chi connectivity index (χ0v) is 14.0. The Kier molecular flexibility index (Phi) is 4.04. The monoisotopic (exact) mass is 327 g/mol. The number of thiophene rings is 1. The van der Waals surface area contributed by atoms with Crippen LogP contribution in [-0.2, 0) is 12.8 Å². The number of pyridine rings is 1. The number of nitrogens with zero attached hydrogens (tertiary/aromatic N) is 3. The highest BCUT2D eigenvalue weighted by Crippen LogP contribution is 2.30. The summed E-state index contributed by atoms with van der Waals surface area (Å²) in [6, 6.07) is 6.21. The first-order valence-electron chi connectivity index (χ1n) is 8.37. The predicted molar refractivity (Wildman–Crippen MR) is 93.3 cm³/mol. The Morgan fingerprint density at radius 2 is 1.78 bits per heavy atom. The summed E-state index contributed by atoms with van der Waals surface area (Å²) in [5.41, 5.74) is 2.61. The highest BCUT2D eigenvalue weighted by atomic mass is 32.1. The number of carbonyl (C=O) groups excluding carboxylic acids is 1. The standard InChI is InChI=1S/C18H21N3OS/c22-18(17-13-14-3-1-2-4-16(14)23-17)21-11-9-20(10-12-21)15-5-7-19-8-6-15/h5-8,13H,1-4,9-12H2. The van der Waals surface area contributed by atoms with Crippen molar-refractivity contribution in [3.05, 3.63) is 45.9 Å². The number of hydrogen-bond donors (Lipinski definition) is 0. The summed E-state index contributed by atoms with van der Waals surface area (Å²) in [6.45, 7) is 3.37. The third-order valence-corrected chi connectivity index (χ3v) is 6.03. The van der Waals surface area contributed by atoms with E-state index >= 15 is 0 Å². The van der Waals surface area contributed by atoms with Gasteiger partial charge in [0.1, 0.15) is 0 Å². The molecule has 1 saturated heterocycles. The van der Waals surface area contributed by atoms with Gasteiger partial charge in [0, 0.05) is 49.1 Å². The van der Waals surface area contributed by atoms with Gasteiger partial charge in [-0.3, -0.25) is 9.78 Å². The first-order valence-corrected chi connectivity index (χ1v) is 9.19. The van der Waals surface area contributed by atoms with Crippen LogP contribution < -0.4 is 4.90 Å². The minimum Gasteiger partial charge on any atom is -0.368 e. The molecule has 4 rings (SSSR count). The summed E-state index contributed by atoms with van der Waals surface area (Å²) in [5.74, 6) is 0.221. The van der Waals surface area contributed by atoms with Crippen LogP contribution in [0.2, 0.25) is 0 Å². The Morgan fingerprint density at radius 3 is 2.52 bits per heavy atom. The van der Waals surface area contributed by atoms with Gasteiger partial charge >= 0.3 is 0 Å². The minimum atomic E-state index is 0.221. The number of piperazine rings is 1. The van der Waals surface area contributed by atoms with Gasteiger partial charge in [-0.2, -0.15) is 0 Å². The van der Waals surface area contributed by atoms with Gasteiger partial charge in [0.15, 0.2) is 0 Å². The van der Waals surface area contributed by atoms with Crippen LogP contribution in [0.3, 0.4) is 0 Å². The Bertz CT molecular complexity index is 666. The minimum absolute atomic E-state index is 0.221. The van der Waals surface area contributed by atoms with Crippen molar-refractivity contribution in [2.45, 2.75) is 25.7 Å². The highest BCUT2D eigenvalue weighted by molar-refractivity contribution is 7.14. The van der Waals surface area contributed by atoms with Gasteiger partial charge in [0.2, 0.25) is 0 Å². The molecular formula is C18H21N3OS. The van der Waals surface area contributed by atoms with Crippen LogP contribution in [0.1, 0.15) is 33.0 Å². The molecule has 120 valence electrons. The van der Waals surface area contributed by atoms with E-state index in [-0.39, 0.29) is 5.91 Å². The molecule has 0 aromatic carbocycles. The lowest BCUT2D eigenvalue weighted by atomic mass is 9.99. The van der Waals surface area contributed by atoms with Crippen molar-refractivity contribution in [3.63, 3.8) is 0 Å². The van der Waals surface area contributed by atoms with E-state index in [0.29, 0.717) is 0 Å². The van der Waals surface area contributed by atoms with Gasteiger partial charge in [-0.05, 0) is 49.4 Å². The second-order valence-electron chi connectivity index (χ2n) is 6.25. The number of aromatic nitrogens is 1. The summed E-state index contributed by atoms with van der Waals surface area (Å²) in [7, 11) is 0. The quantitative estimate of drug-likeness (QED) is 0.851. The van der Waals surface area contributed by atoms with Crippen LogP contribution in [0.15, 0.2) is 30.6 Å². The van der Waals surface area contributed by atoms with Gasteiger partial charge in [-0.1, -0.05) is 0 Å². The van der Waals surface area contributed by atoms with Crippen molar-refractivity contribution in [1.82, 2.24) is 9.88 Å². The molecule has 3 heterocycles. The van der Waals surface area contributed by atoms with Crippen LogP contribution in [0.25, 0.3) is 0 Å². The second kappa shape index (κ2) is 6.32. The van der Waals surface area contributed by atoms with E-state index < -0.39 is 0 Å². The van der Waals surface area contributed by atoms with Crippen LogP contribution in [0.5, 0.6) is 0 Å². The van der Waals surface area contributed by atoms with Gasteiger partial charge in [-0.25, -0.2) is 0 Å². The number of carbonyl (C=O) groups is 1. The molecule has 0 spiro atoms. The maximum Gasteiger partial charge on any atom is 0.264 e. The van der Waals surface area contributed by atoms with E-state index in [2.05, 4.69) is 16.0 Å². The highest BCUT2D eigenvalue weighted by Gasteiger charge is 2.25. The van der Waals surface area contributed by atoms with E-state index in [4.69, 9.17) is 0 Å². The molecule has 4 nitrogen and oxygen atoms in total. The molecule has 23 heavy (non-hydrogen) atoms. The van der Waals surface area contributed by atoms with Crippen molar-refractivity contribution in [2.75, 3.05) is 31.1 Å². The second-order valence-corrected chi connectivity index (χ2v) is 7.39. The molecule has 2 aliphatic rings. The largest absolute Gasteiger partial charge is 0.368 e. The van der Waals surface area contributed by atoms with E-state index in [0.717, 1.165) is 43.9 Å². The molecule has 0 bridgehead atoms. The lowest BCUT2D eigenvalue weighted by molar-refractivity contribution is 0.0751. The maximum atomic E-state index is 12.8. The SMILES string of the molecule is O=C(c1cc2c(s1)CCCC2)N1CCN(c2ccncc2)CC1. The van der Waals surface area contributed by atoms with E-state index in [1.165, 1.54) is 29.0 Å². The average molecular weight is 327 g/mol. The summed E-state index contributed by atoms with van der Waals surface area (Å²) in [5, 5.41) is 0. The molecule has 5 heteroatoms. The first-order chi connectivity index (χ1) is 11.3. The fourth-order valence-electron chi connectivity index (χ4n) is 3.47. The number of rotatable bonds is 2. The number of hydrogen-bond acceptors (Lipinski definition) is 4. The molecule has 0 atom stereocenters. The first kappa shape index (κ1) is 14.7. The van der Waals surface area contributed by atoms with Gasteiger partial charge in [0.25, 0.3) is 5.91 Å². The summed E-state index contributed by atoms with van der Waals surface area (Å²) >= 11 is 1.72. The topological polar surface area (TPSA) is 36.4 Å². The molecular weight excluding hydrogens is 306 g/mol. The third-order valence-electron chi connectivity index (χ3n) is 4.80. The summed E-state index contributed by atoms with van der Waals surface area (Å²) < 4.78 is 0. The zero-order valence-electron chi connectivity index (χ0n) is 13.2. The van der Waals surface area contributed by atoms with Gasteiger partial charge in [-0.15, -0.1) is 11.3 Å². The number of aryl methyl sites for hydroxylation is 2. The smallest absolute Gasteiger partial charge is 0.264 e. The van der Waals surface area contributed by atoms with E-state index in [1.54, 1.807) is 11.3 Å². The zero-order chi connectivity index (χ0) is 15.6. The molecule has 1 amide bonds. The lowest BCUT2D eigenvalue weighted by Crippen LogP contribution is -2.48. The van der Waals surface area contributed by atoms with Crippen molar-refractivity contribution < 1.29 is 4.79 Å². The Labute approximate surface area is 140 Å². The van der Waals surface area contributed by atoms with Crippen LogP contribution in [0, 0.1) is 0 Å². The Hall–Kier alpha value is -1.88. The molecule has 2 aromatic rings. The van der Waals surface area contributed by atoms with Crippen LogP contribution >= 0.6 is 11.3 Å².